The second-order valence-corrected chi connectivity index (χ2v) is 8.62. The van der Waals surface area contributed by atoms with Crippen LogP contribution in [-0.2, 0) is 4.74 Å². The summed E-state index contributed by atoms with van der Waals surface area (Å²) < 4.78 is 13.1. The third-order valence-corrected chi connectivity index (χ3v) is 6.42. The number of nitrogens with zero attached hydrogens (tertiary/aromatic N) is 4. The molecule has 5 rings (SSSR count). The number of benzene rings is 1. The zero-order valence-electron chi connectivity index (χ0n) is 20.5. The molecule has 36 heavy (non-hydrogen) atoms. The summed E-state index contributed by atoms with van der Waals surface area (Å²) in [6, 6.07) is 11.9. The zero-order valence-corrected chi connectivity index (χ0v) is 21.5. The van der Waals surface area contributed by atoms with Crippen LogP contribution in [0.5, 0.6) is 5.75 Å². The molecule has 0 bridgehead atoms. The maximum atomic E-state index is 12.0. The van der Waals surface area contributed by atoms with Gasteiger partial charge in [0.1, 0.15) is 23.5 Å². The monoisotopic (exact) mass is 506 g/mol. The lowest BCUT2D eigenvalue weighted by Crippen LogP contribution is -2.30. The van der Waals surface area contributed by atoms with E-state index in [0.29, 0.717) is 23.9 Å². The first-order valence-corrected chi connectivity index (χ1v) is 11.6. The van der Waals surface area contributed by atoms with E-state index < -0.39 is 0 Å². The fraction of sp³-hybridized carbons (Fsp3) is 0.308. The number of hydrogen-bond donors (Lipinski definition) is 2. The molecule has 4 aromatic rings. The third kappa shape index (κ3) is 4.87. The van der Waals surface area contributed by atoms with Crippen LogP contribution in [0.1, 0.15) is 34.8 Å². The van der Waals surface area contributed by atoms with Gasteiger partial charge in [0.2, 0.25) is 0 Å². The van der Waals surface area contributed by atoms with Crippen molar-refractivity contribution in [3.63, 3.8) is 0 Å². The van der Waals surface area contributed by atoms with Crippen LogP contribution < -0.4 is 15.4 Å². The van der Waals surface area contributed by atoms with Gasteiger partial charge in [-0.15, -0.1) is 0 Å². The first-order chi connectivity index (χ1) is 17.1. The Labute approximate surface area is 216 Å². The number of carbonyl (C=O) groups is 1. The Balaban J connectivity index is 0.00000304. The van der Waals surface area contributed by atoms with Crippen LogP contribution in [0.25, 0.3) is 22.3 Å². The van der Waals surface area contributed by atoms with E-state index in [0.717, 1.165) is 46.9 Å². The van der Waals surface area contributed by atoms with Crippen LogP contribution in [0.15, 0.2) is 55.1 Å². The number of nitrogens with one attached hydrogen (secondary N) is 2. The standard InChI is InChI=1S/C26H28N6O3.H2S/c1-16(19-5-4-17(26(33)27-2)10-23(19)34-3)12-29-24-11-22(30-15-31-24)20-6-8-28-25-21(20)7-9-32(25)18-13-35-14-18;/h4-11,15-16,18H,12-14H2,1-3H3,(H,27,33)(H,29,30,31);1H2/t16-;/m1./s1. The molecule has 4 heterocycles. The lowest BCUT2D eigenvalue weighted by atomic mass is 9.98. The maximum Gasteiger partial charge on any atom is 0.251 e. The van der Waals surface area contributed by atoms with E-state index in [9.17, 15) is 4.79 Å². The van der Waals surface area contributed by atoms with E-state index in [-0.39, 0.29) is 25.3 Å². The molecule has 10 heteroatoms. The Bertz CT molecular complexity index is 1370. The number of pyridine rings is 1. The molecule has 188 valence electrons. The molecule has 2 N–H and O–H groups in total. The van der Waals surface area contributed by atoms with Crippen molar-refractivity contribution in [1.29, 1.82) is 0 Å². The molecule has 0 saturated carbocycles. The van der Waals surface area contributed by atoms with E-state index in [1.807, 2.05) is 30.5 Å². The predicted octanol–water partition coefficient (Wildman–Crippen LogP) is 3.76. The van der Waals surface area contributed by atoms with Gasteiger partial charge in [-0.1, -0.05) is 13.0 Å². The highest BCUT2D eigenvalue weighted by molar-refractivity contribution is 7.59. The maximum absolute atomic E-state index is 12.0. The van der Waals surface area contributed by atoms with Crippen molar-refractivity contribution in [2.24, 2.45) is 0 Å². The molecule has 3 aromatic heterocycles. The van der Waals surface area contributed by atoms with Crippen molar-refractivity contribution in [1.82, 2.24) is 24.8 Å². The molecule has 1 amide bonds. The van der Waals surface area contributed by atoms with Crippen molar-refractivity contribution in [3.05, 3.63) is 66.2 Å². The number of hydrogen-bond acceptors (Lipinski definition) is 7. The predicted molar refractivity (Wildman–Crippen MR) is 144 cm³/mol. The summed E-state index contributed by atoms with van der Waals surface area (Å²) in [6.45, 7) is 4.17. The fourth-order valence-electron chi connectivity index (χ4n) is 4.33. The first kappa shape index (κ1) is 25.5. The Morgan fingerprint density at radius 2 is 2.03 bits per heavy atom. The third-order valence-electron chi connectivity index (χ3n) is 6.42. The van der Waals surface area contributed by atoms with Crippen LogP contribution in [0.4, 0.5) is 5.82 Å². The number of ether oxygens (including phenoxy) is 2. The van der Waals surface area contributed by atoms with Crippen LogP contribution in [0.2, 0.25) is 0 Å². The summed E-state index contributed by atoms with van der Waals surface area (Å²) in [5.74, 6) is 1.40. The fourth-order valence-corrected chi connectivity index (χ4v) is 4.33. The highest BCUT2D eigenvalue weighted by Crippen LogP contribution is 2.31. The Hall–Kier alpha value is -3.63. The lowest BCUT2D eigenvalue weighted by molar-refractivity contribution is -0.0216. The first-order valence-electron chi connectivity index (χ1n) is 11.6. The Kier molecular flexibility index (Phi) is 7.76. The van der Waals surface area contributed by atoms with Gasteiger partial charge in [0.15, 0.2) is 0 Å². The number of aromatic nitrogens is 4. The second kappa shape index (κ2) is 11.0. The normalized spacial score (nSPS) is 14.0. The van der Waals surface area contributed by atoms with E-state index in [2.05, 4.69) is 49.3 Å². The second-order valence-electron chi connectivity index (χ2n) is 8.62. The summed E-state index contributed by atoms with van der Waals surface area (Å²) >= 11 is 0. The van der Waals surface area contributed by atoms with Crippen LogP contribution in [0.3, 0.4) is 0 Å². The molecule has 0 spiro atoms. The van der Waals surface area contributed by atoms with Gasteiger partial charge in [0, 0.05) is 54.5 Å². The number of amides is 1. The zero-order chi connectivity index (χ0) is 24.4. The molecule has 0 aliphatic carbocycles. The molecule has 1 aliphatic rings. The molecule has 1 saturated heterocycles. The quantitative estimate of drug-likeness (QED) is 0.375. The summed E-state index contributed by atoms with van der Waals surface area (Å²) in [5.41, 5.74) is 4.36. The van der Waals surface area contributed by atoms with Crippen molar-refractivity contribution in [2.45, 2.75) is 18.9 Å². The lowest BCUT2D eigenvalue weighted by Gasteiger charge is -2.27. The molecule has 1 atom stereocenters. The Morgan fingerprint density at radius 1 is 1.19 bits per heavy atom. The number of rotatable bonds is 8. The molecule has 1 fully saturated rings. The summed E-state index contributed by atoms with van der Waals surface area (Å²) in [7, 11) is 3.23. The summed E-state index contributed by atoms with van der Waals surface area (Å²) in [5, 5.41) is 7.11. The van der Waals surface area contributed by atoms with E-state index in [1.54, 1.807) is 26.6 Å². The summed E-state index contributed by atoms with van der Waals surface area (Å²) in [6.07, 6.45) is 5.46. The van der Waals surface area contributed by atoms with Gasteiger partial charge >= 0.3 is 0 Å². The van der Waals surface area contributed by atoms with Crippen LogP contribution in [0, 0.1) is 0 Å². The van der Waals surface area contributed by atoms with Gasteiger partial charge in [-0.2, -0.15) is 13.5 Å². The van der Waals surface area contributed by atoms with E-state index >= 15 is 0 Å². The topological polar surface area (TPSA) is 103 Å². The van der Waals surface area contributed by atoms with Crippen molar-refractivity contribution >= 4 is 36.3 Å². The van der Waals surface area contributed by atoms with Crippen LogP contribution in [-0.4, -0.2) is 59.3 Å². The highest BCUT2D eigenvalue weighted by Gasteiger charge is 2.23. The van der Waals surface area contributed by atoms with Gasteiger partial charge in [0.25, 0.3) is 5.91 Å². The number of fused-ring (bicyclic) bond motifs is 1. The largest absolute Gasteiger partial charge is 0.496 e. The minimum absolute atomic E-state index is 0. The smallest absolute Gasteiger partial charge is 0.251 e. The molecule has 0 radical (unpaired) electrons. The van der Waals surface area contributed by atoms with Gasteiger partial charge in [0.05, 0.1) is 32.1 Å². The van der Waals surface area contributed by atoms with Gasteiger partial charge < -0.3 is 24.7 Å². The SMILES string of the molecule is CNC(=O)c1ccc([C@H](C)CNc2cc(-c3ccnc4c3ccn4C3COC3)ncn2)c(OC)c1.S. The highest BCUT2D eigenvalue weighted by atomic mass is 32.1. The van der Waals surface area contributed by atoms with Gasteiger partial charge in [-0.3, -0.25) is 4.79 Å². The molecule has 0 unspecified atom stereocenters. The van der Waals surface area contributed by atoms with Gasteiger partial charge in [-0.05, 0) is 29.8 Å². The van der Waals surface area contributed by atoms with Crippen molar-refractivity contribution in [3.8, 4) is 17.0 Å². The molecule has 9 nitrogen and oxygen atoms in total. The van der Waals surface area contributed by atoms with Crippen molar-refractivity contribution < 1.29 is 14.3 Å². The van der Waals surface area contributed by atoms with Crippen LogP contribution >= 0.6 is 13.5 Å². The van der Waals surface area contributed by atoms with E-state index in [1.165, 1.54) is 0 Å². The molecular weight excluding hydrogens is 476 g/mol. The molecule has 1 aliphatic heterocycles. The number of methoxy groups -OCH3 is 1. The summed E-state index contributed by atoms with van der Waals surface area (Å²) in [4.78, 5) is 25.5. The minimum atomic E-state index is -0.143. The number of anilines is 1. The van der Waals surface area contributed by atoms with E-state index in [4.69, 9.17) is 9.47 Å². The average molecular weight is 507 g/mol. The number of carbonyl (C=O) groups excluding carboxylic acids is 1. The van der Waals surface area contributed by atoms with Crippen molar-refractivity contribution in [2.75, 3.05) is 39.2 Å². The molecule has 1 aromatic carbocycles. The molecular formula is C26H30N6O3S. The minimum Gasteiger partial charge on any atom is -0.496 e. The average Bonchev–Trinajstić information content (AvgIpc) is 3.29. The van der Waals surface area contributed by atoms with Gasteiger partial charge in [-0.25, -0.2) is 15.0 Å². The Morgan fingerprint density at radius 3 is 2.75 bits per heavy atom.